The molecule has 0 saturated heterocycles. The molecule has 0 unspecified atom stereocenters. The quantitative estimate of drug-likeness (QED) is 0.211. The third-order valence-electron chi connectivity index (χ3n) is 9.83. The summed E-state index contributed by atoms with van der Waals surface area (Å²) in [5.74, 6) is 1.77. The first-order valence-corrected chi connectivity index (χ1v) is 18.3. The number of nitrogens with one attached hydrogen (secondary N) is 2. The van der Waals surface area contributed by atoms with Crippen LogP contribution >= 0.6 is 0 Å². The van der Waals surface area contributed by atoms with Gasteiger partial charge in [0.2, 0.25) is 0 Å². The van der Waals surface area contributed by atoms with Crippen LogP contribution in [0.25, 0.3) is 16.7 Å². The normalized spacial score (nSPS) is 19.6. The van der Waals surface area contributed by atoms with Crippen LogP contribution in [0.15, 0.2) is 127 Å². The van der Waals surface area contributed by atoms with Crippen molar-refractivity contribution in [2.75, 3.05) is 7.05 Å². The zero-order chi connectivity index (χ0) is 33.6. The second-order valence-electron chi connectivity index (χ2n) is 13.4. The van der Waals surface area contributed by atoms with E-state index >= 15 is 0 Å². The van der Waals surface area contributed by atoms with Crippen molar-refractivity contribution < 1.29 is 4.42 Å². The number of nitrogens with zero attached hydrogens (tertiary/aromatic N) is 4. The van der Waals surface area contributed by atoms with Gasteiger partial charge in [-0.1, -0.05) is 65.2 Å². The second-order valence-corrected chi connectivity index (χ2v) is 13.4. The summed E-state index contributed by atoms with van der Waals surface area (Å²) in [7, 11) is 2.07. The van der Waals surface area contributed by atoms with Gasteiger partial charge in [0.1, 0.15) is 11.6 Å². The SMILES string of the molecule is CCCCCCCC1=C2C=CC(=N2)/C(=C2\NC=CN2C)c2ccc([nH]2)C(CCCCCCC)=C2C=CC(=N2)C(c2ccco2)=C2C=CC1=N2. The minimum atomic E-state index is 0.770. The molecule has 7 heterocycles. The predicted molar refractivity (Wildman–Crippen MR) is 204 cm³/mol. The van der Waals surface area contributed by atoms with E-state index in [0.29, 0.717) is 0 Å². The van der Waals surface area contributed by atoms with Crippen molar-refractivity contribution in [2.24, 2.45) is 15.0 Å². The third kappa shape index (κ3) is 6.98. The van der Waals surface area contributed by atoms with Gasteiger partial charge in [-0.05, 0) is 86.4 Å². The van der Waals surface area contributed by atoms with Crippen LogP contribution in [0.4, 0.5) is 0 Å². The molecule has 2 N–H and O–H groups in total. The molecule has 0 aromatic carbocycles. The summed E-state index contributed by atoms with van der Waals surface area (Å²) >= 11 is 0. The molecule has 5 aliphatic rings. The smallest absolute Gasteiger partial charge is 0.138 e. The van der Waals surface area contributed by atoms with E-state index < -0.39 is 0 Å². The largest absolute Gasteiger partial charge is 0.464 e. The number of furan rings is 1. The van der Waals surface area contributed by atoms with Crippen molar-refractivity contribution in [1.82, 2.24) is 15.2 Å². The Morgan fingerprint density at radius 2 is 1.24 bits per heavy atom. The van der Waals surface area contributed by atoms with Crippen molar-refractivity contribution >= 4 is 33.9 Å². The van der Waals surface area contributed by atoms with E-state index in [9.17, 15) is 0 Å². The highest BCUT2D eigenvalue weighted by Crippen LogP contribution is 2.37. The van der Waals surface area contributed by atoms with Crippen molar-refractivity contribution in [3.05, 3.63) is 125 Å². The number of hydrogen-bond acceptors (Lipinski definition) is 6. The Hall–Kier alpha value is -4.91. The lowest BCUT2D eigenvalue weighted by molar-refractivity contribution is 0.554. The fourth-order valence-electron chi connectivity index (χ4n) is 7.17. The molecule has 2 aromatic heterocycles. The fraction of sp³-hybridized carbons (Fsp3) is 0.357. The minimum Gasteiger partial charge on any atom is -0.464 e. The number of aliphatic imine (C=N–C) groups is 3. The maximum Gasteiger partial charge on any atom is 0.138 e. The van der Waals surface area contributed by atoms with Crippen LogP contribution in [0, 0.1) is 0 Å². The van der Waals surface area contributed by atoms with Gasteiger partial charge in [0, 0.05) is 36.3 Å². The summed E-state index contributed by atoms with van der Waals surface area (Å²) in [6.07, 6.45) is 32.6. The number of H-pyrrole nitrogens is 1. The lowest BCUT2D eigenvalue weighted by Crippen LogP contribution is -2.19. The van der Waals surface area contributed by atoms with Gasteiger partial charge in [-0.2, -0.15) is 0 Å². The first kappa shape index (κ1) is 32.6. The number of allylic oxidation sites excluding steroid dienone is 10. The summed E-state index contributed by atoms with van der Waals surface area (Å²) < 4.78 is 6.02. The molecular weight excluding hydrogens is 605 g/mol. The molecule has 0 saturated carbocycles. The van der Waals surface area contributed by atoms with Crippen molar-refractivity contribution in [1.29, 1.82) is 0 Å². The van der Waals surface area contributed by atoms with Crippen molar-refractivity contribution in [3.63, 3.8) is 0 Å². The minimum absolute atomic E-state index is 0.770. The van der Waals surface area contributed by atoms with Crippen LogP contribution in [-0.4, -0.2) is 34.1 Å². The predicted octanol–water partition coefficient (Wildman–Crippen LogP) is 10.4. The van der Waals surface area contributed by atoms with E-state index in [4.69, 9.17) is 19.4 Å². The topological polar surface area (TPSA) is 81.3 Å². The summed E-state index contributed by atoms with van der Waals surface area (Å²) in [6, 6.07) is 8.35. The van der Waals surface area contributed by atoms with Crippen LogP contribution in [-0.2, 0) is 0 Å². The van der Waals surface area contributed by atoms with Crippen LogP contribution in [0.2, 0.25) is 0 Å². The lowest BCUT2D eigenvalue weighted by Gasteiger charge is -2.17. The fourth-order valence-corrected chi connectivity index (χ4v) is 7.17. The zero-order valence-electron chi connectivity index (χ0n) is 29.2. The first-order chi connectivity index (χ1) is 24.1. The number of fused-ring (bicyclic) bond motifs is 5. The average Bonchev–Trinajstić information content (AvgIpc) is 3.96. The number of aromatic amines is 1. The molecule has 0 radical (unpaired) electrons. The zero-order valence-corrected chi connectivity index (χ0v) is 29.2. The molecule has 7 nitrogen and oxygen atoms in total. The molecule has 0 fully saturated rings. The molecule has 0 aliphatic carbocycles. The van der Waals surface area contributed by atoms with Crippen LogP contribution in [0.5, 0.6) is 0 Å². The number of hydrogen-bond donors (Lipinski definition) is 2. The maximum atomic E-state index is 6.02. The summed E-state index contributed by atoms with van der Waals surface area (Å²) in [6.45, 7) is 4.53. The standard InChI is InChI=1S/C42H48N6O/c1-4-6-8-10-12-15-29-31-18-22-35(44-31)40(39-17-14-28-49-39)36-23-19-32(45-36)30(16-13-11-9-7-5-2)34-21-25-38(47-34)41(37-24-20-33(29)46-37)42-43-26-27-48(42)3/h14,17-28,43,46H,4-13,15-16H2,1-3H3/b31-29?,34-30?,40-36?,42-41+. The van der Waals surface area contributed by atoms with E-state index in [1.807, 2.05) is 18.3 Å². The second kappa shape index (κ2) is 15.1. The van der Waals surface area contributed by atoms with Gasteiger partial charge in [-0.3, -0.25) is 0 Å². The summed E-state index contributed by atoms with van der Waals surface area (Å²) in [4.78, 5) is 21.9. The Morgan fingerprint density at radius 1 is 0.633 bits per heavy atom. The van der Waals surface area contributed by atoms with Gasteiger partial charge in [0.15, 0.2) is 0 Å². The Balaban J connectivity index is 1.40. The summed E-state index contributed by atoms with van der Waals surface area (Å²) in [5.41, 5.74) is 12.1. The molecule has 2 aromatic rings. The van der Waals surface area contributed by atoms with E-state index in [-0.39, 0.29) is 0 Å². The van der Waals surface area contributed by atoms with Crippen LogP contribution in [0.3, 0.4) is 0 Å². The molecule has 5 aliphatic heterocycles. The average molecular weight is 653 g/mol. The number of aromatic nitrogens is 1. The highest BCUT2D eigenvalue weighted by atomic mass is 16.3. The molecule has 8 bridgehead atoms. The Morgan fingerprint density at radius 3 is 1.92 bits per heavy atom. The molecule has 252 valence electrons. The Bertz CT molecular complexity index is 1910. The lowest BCUT2D eigenvalue weighted by atomic mass is 10.00. The molecule has 7 heteroatoms. The van der Waals surface area contributed by atoms with Gasteiger partial charge in [0.05, 0.1) is 57.3 Å². The van der Waals surface area contributed by atoms with Crippen molar-refractivity contribution in [3.8, 4) is 0 Å². The number of unbranched alkanes of at least 4 members (excludes halogenated alkanes) is 8. The van der Waals surface area contributed by atoms with E-state index in [2.05, 4.69) is 90.9 Å². The number of rotatable bonds is 13. The molecular formula is C42H48N6O. The van der Waals surface area contributed by atoms with Gasteiger partial charge in [0.25, 0.3) is 0 Å². The van der Waals surface area contributed by atoms with Gasteiger partial charge >= 0.3 is 0 Å². The molecule has 0 amide bonds. The van der Waals surface area contributed by atoms with Crippen LogP contribution in [0.1, 0.15) is 108 Å². The third-order valence-corrected chi connectivity index (χ3v) is 9.83. The maximum absolute atomic E-state index is 6.02. The molecule has 7 rings (SSSR count). The van der Waals surface area contributed by atoms with E-state index in [1.54, 1.807) is 6.26 Å². The Labute approximate surface area is 290 Å². The van der Waals surface area contributed by atoms with Crippen molar-refractivity contribution in [2.45, 2.75) is 90.9 Å². The highest BCUT2D eigenvalue weighted by Gasteiger charge is 2.27. The first-order valence-electron chi connectivity index (χ1n) is 18.3. The summed E-state index contributed by atoms with van der Waals surface area (Å²) in [5, 5.41) is 3.49. The van der Waals surface area contributed by atoms with Gasteiger partial charge in [-0.15, -0.1) is 0 Å². The van der Waals surface area contributed by atoms with E-state index in [0.717, 1.165) is 94.0 Å². The molecule has 49 heavy (non-hydrogen) atoms. The van der Waals surface area contributed by atoms with Crippen LogP contribution < -0.4 is 5.32 Å². The Kier molecular flexibility index (Phi) is 10.1. The monoisotopic (exact) mass is 652 g/mol. The van der Waals surface area contributed by atoms with Gasteiger partial charge in [-0.25, -0.2) is 15.0 Å². The van der Waals surface area contributed by atoms with E-state index in [1.165, 1.54) is 62.5 Å². The molecule has 0 atom stereocenters. The van der Waals surface area contributed by atoms with Gasteiger partial charge < -0.3 is 19.6 Å². The molecule has 0 spiro atoms. The highest BCUT2D eigenvalue weighted by molar-refractivity contribution is 6.33.